The van der Waals surface area contributed by atoms with Crippen LogP contribution in [0, 0.1) is 0 Å². The molecule has 0 atom stereocenters. The molecule has 0 unspecified atom stereocenters. The molecule has 4 nitrogen and oxygen atoms in total. The van der Waals surface area contributed by atoms with Gasteiger partial charge in [0.05, 0.1) is 7.11 Å². The Morgan fingerprint density at radius 3 is 1.74 bits per heavy atom. The van der Waals surface area contributed by atoms with Crippen LogP contribution in [0.2, 0.25) is 13.3 Å². The molecule has 0 aliphatic rings. The summed E-state index contributed by atoms with van der Waals surface area (Å²) >= 11 is 1.12. The molecule has 2 rings (SSSR count). The number of aromatic nitrogens is 2. The molecule has 0 saturated carbocycles. The smallest absolute Gasteiger partial charge is 0.272 e. The van der Waals surface area contributed by atoms with E-state index in [-0.39, 0.29) is 0 Å². The van der Waals surface area contributed by atoms with Crippen LogP contribution >= 0.6 is 22.7 Å². The van der Waals surface area contributed by atoms with Crippen LogP contribution in [-0.4, -0.2) is 42.6 Å². The molecule has 2 aromatic heterocycles. The van der Waals surface area contributed by atoms with Gasteiger partial charge in [0, 0.05) is 11.6 Å². The predicted molar refractivity (Wildman–Crippen MR) is 122 cm³/mol. The summed E-state index contributed by atoms with van der Waals surface area (Å²) in [6, 6.07) is 0. The molecule has 0 bridgehead atoms. The summed E-state index contributed by atoms with van der Waals surface area (Å²) in [7, 11) is 3.35. The maximum absolute atomic E-state index is 5.34. The Labute approximate surface area is 177 Å². The van der Waals surface area contributed by atoms with Gasteiger partial charge in [0.25, 0.3) is 5.19 Å². The van der Waals surface area contributed by atoms with Crippen molar-refractivity contribution in [2.24, 2.45) is 0 Å². The van der Waals surface area contributed by atoms with Crippen molar-refractivity contribution in [1.82, 2.24) is 9.97 Å². The number of rotatable bonds is 12. The number of thiazole rings is 2. The summed E-state index contributed by atoms with van der Waals surface area (Å²) in [5, 5.41) is 3.46. The van der Waals surface area contributed by atoms with Crippen molar-refractivity contribution in [2.45, 2.75) is 72.6 Å². The fraction of sp³-hybridized carbons (Fsp3) is 0.700. The van der Waals surface area contributed by atoms with Crippen molar-refractivity contribution in [3.05, 3.63) is 17.8 Å². The number of ether oxygens (including phenoxy) is 2. The van der Waals surface area contributed by atoms with Crippen LogP contribution in [0.15, 0.2) is 17.8 Å². The molecule has 7 heteroatoms. The van der Waals surface area contributed by atoms with Gasteiger partial charge in [-0.05, 0) is 0 Å². The number of unbranched alkanes of at least 4 members (excludes halogenated alkanes) is 3. The molecule has 2 aromatic rings. The van der Waals surface area contributed by atoms with E-state index in [0.29, 0.717) is 0 Å². The van der Waals surface area contributed by atoms with Gasteiger partial charge in [-0.1, -0.05) is 11.3 Å². The average Bonchev–Trinajstić information content (AvgIpc) is 3.40. The van der Waals surface area contributed by atoms with Gasteiger partial charge >= 0.3 is 133 Å². The second-order valence-electron chi connectivity index (χ2n) is 6.79. The van der Waals surface area contributed by atoms with E-state index in [1.54, 1.807) is 23.3 Å². The van der Waals surface area contributed by atoms with Crippen molar-refractivity contribution in [2.75, 3.05) is 14.2 Å². The molecule has 0 spiro atoms. The molecule has 0 saturated heterocycles. The molecule has 0 aliphatic heterocycles. The topological polar surface area (TPSA) is 44.2 Å². The van der Waals surface area contributed by atoms with Crippen LogP contribution in [0.3, 0.4) is 0 Å². The summed E-state index contributed by atoms with van der Waals surface area (Å²) in [5.41, 5.74) is 0. The summed E-state index contributed by atoms with van der Waals surface area (Å²) in [4.78, 5) is 8.30. The van der Waals surface area contributed by atoms with Gasteiger partial charge in [-0.2, -0.15) is 0 Å². The average molecular weight is 519 g/mol. The number of nitrogens with zero attached hydrogens (tertiary/aromatic N) is 2. The molecule has 0 radical (unpaired) electrons. The van der Waals surface area contributed by atoms with Gasteiger partial charge in [0.1, 0.15) is 0 Å². The van der Waals surface area contributed by atoms with E-state index in [1.807, 2.05) is 16.7 Å². The van der Waals surface area contributed by atoms with E-state index >= 15 is 0 Å². The third-order valence-electron chi connectivity index (χ3n) is 4.79. The second-order valence-corrected chi connectivity index (χ2v) is 22.8. The second kappa shape index (κ2) is 14.6. The molecule has 154 valence electrons. The third-order valence-corrected chi connectivity index (χ3v) is 24.6. The quantitative estimate of drug-likeness (QED) is 0.306. The van der Waals surface area contributed by atoms with Gasteiger partial charge < -0.3 is 4.74 Å². The Bertz CT molecular complexity index is 569. The first-order chi connectivity index (χ1) is 13.2. The molecule has 0 aliphatic carbocycles. The Kier molecular flexibility index (Phi) is 13.4. The van der Waals surface area contributed by atoms with Gasteiger partial charge in [0.2, 0.25) is 0 Å². The first kappa shape index (κ1) is 24.7. The zero-order chi connectivity index (χ0) is 20.0. The van der Waals surface area contributed by atoms with Crippen LogP contribution in [-0.2, 0) is 0 Å². The molecule has 0 N–H and O–H groups in total. The predicted octanol–water partition coefficient (Wildman–Crippen LogP) is 6.36. The zero-order valence-electron chi connectivity index (χ0n) is 17.6. The van der Waals surface area contributed by atoms with Crippen molar-refractivity contribution in [3.8, 4) is 10.4 Å². The molecule has 27 heavy (non-hydrogen) atoms. The van der Waals surface area contributed by atoms with E-state index in [2.05, 4.69) is 36.9 Å². The van der Waals surface area contributed by atoms with E-state index in [1.165, 1.54) is 63.2 Å². The fourth-order valence-electron chi connectivity index (χ4n) is 3.20. The first-order valence-electron chi connectivity index (χ1n) is 10.1. The van der Waals surface area contributed by atoms with E-state index in [0.717, 1.165) is 10.4 Å². The standard InChI is InChI=1S/C4H5NOS.C4H4NOS.3C4H9.Sn/c2*1-6-4-5-2-3-7-4;3*1-3-4-2;/h2-3H,1H3;2H,1H3;3*1,3-4H2,2H3;. The molecule has 0 amide bonds. The number of methoxy groups -OCH3 is 2. The fourth-order valence-corrected chi connectivity index (χ4v) is 23.0. The van der Waals surface area contributed by atoms with Crippen LogP contribution in [0.5, 0.6) is 10.4 Å². The Balaban J connectivity index is 0.000000433. The largest absolute Gasteiger partial charge is 0.473 e. The number of hydrogen-bond acceptors (Lipinski definition) is 6. The van der Waals surface area contributed by atoms with Crippen molar-refractivity contribution in [3.63, 3.8) is 0 Å². The van der Waals surface area contributed by atoms with E-state index < -0.39 is 18.4 Å². The summed E-state index contributed by atoms with van der Waals surface area (Å²) in [6.45, 7) is 6.97. The molecule has 0 aromatic carbocycles. The van der Waals surface area contributed by atoms with E-state index in [4.69, 9.17) is 9.47 Å². The SMILES string of the molecule is CCC[CH2][Sn]([CH2]CCC)([CH2]CCC)[c]1cnc(OC)s1.COc1nccs1. The van der Waals surface area contributed by atoms with Crippen molar-refractivity contribution < 1.29 is 9.47 Å². The Hall–Kier alpha value is -0.341. The normalized spacial score (nSPS) is 11.0. The Morgan fingerprint density at radius 2 is 1.41 bits per heavy atom. The summed E-state index contributed by atoms with van der Waals surface area (Å²) < 4.78 is 16.3. The molecular weight excluding hydrogens is 483 g/mol. The number of hydrogen-bond donors (Lipinski definition) is 0. The van der Waals surface area contributed by atoms with Gasteiger partial charge in [0.15, 0.2) is 0 Å². The maximum Gasteiger partial charge on any atom is 0.272 e. The monoisotopic (exact) mass is 520 g/mol. The molecule has 2 heterocycles. The summed E-state index contributed by atoms with van der Waals surface area (Å²) in [5.74, 6) is 0. The van der Waals surface area contributed by atoms with Gasteiger partial charge in [-0.15, -0.1) is 0 Å². The third kappa shape index (κ3) is 8.69. The van der Waals surface area contributed by atoms with Crippen molar-refractivity contribution >= 4 is 43.9 Å². The minimum absolute atomic E-state index is 0.722. The zero-order valence-corrected chi connectivity index (χ0v) is 22.1. The maximum atomic E-state index is 5.34. The van der Waals surface area contributed by atoms with E-state index in [9.17, 15) is 0 Å². The van der Waals surface area contributed by atoms with Crippen LogP contribution in [0.25, 0.3) is 0 Å². The van der Waals surface area contributed by atoms with Crippen LogP contribution in [0.4, 0.5) is 0 Å². The van der Waals surface area contributed by atoms with Gasteiger partial charge in [-0.25, -0.2) is 4.98 Å². The minimum Gasteiger partial charge on any atom is -0.473 e. The Morgan fingerprint density at radius 1 is 0.852 bits per heavy atom. The molecular formula is C20H36N2O2S2Sn. The minimum atomic E-state index is -2.22. The van der Waals surface area contributed by atoms with Crippen LogP contribution < -0.4 is 12.4 Å². The van der Waals surface area contributed by atoms with Crippen molar-refractivity contribution in [1.29, 1.82) is 0 Å². The van der Waals surface area contributed by atoms with Crippen LogP contribution in [0.1, 0.15) is 59.3 Å². The summed E-state index contributed by atoms with van der Waals surface area (Å²) in [6.07, 6.45) is 12.1. The van der Waals surface area contributed by atoms with Gasteiger partial charge in [-0.3, -0.25) is 0 Å². The first-order valence-corrected chi connectivity index (χ1v) is 19.3. The molecule has 0 fully saturated rings.